The first-order chi connectivity index (χ1) is 9.87. The highest BCUT2D eigenvalue weighted by Gasteiger charge is 2.30. The van der Waals surface area contributed by atoms with Crippen molar-refractivity contribution in [1.29, 1.82) is 0 Å². The van der Waals surface area contributed by atoms with Crippen molar-refractivity contribution in [2.45, 2.75) is 19.1 Å². The Morgan fingerprint density at radius 2 is 2.10 bits per heavy atom. The number of fused-ring (bicyclic) bond motifs is 1. The summed E-state index contributed by atoms with van der Waals surface area (Å²) in [6.07, 6.45) is 0. The van der Waals surface area contributed by atoms with E-state index in [0.29, 0.717) is 13.1 Å². The molecule has 0 bridgehead atoms. The summed E-state index contributed by atoms with van der Waals surface area (Å²) in [4.78, 5) is 6.42. The molecule has 6 heteroatoms. The fraction of sp³-hybridized carbons (Fsp3) is 0.400. The molecule has 1 aliphatic heterocycles. The van der Waals surface area contributed by atoms with E-state index < -0.39 is 15.1 Å². The van der Waals surface area contributed by atoms with Crippen molar-refractivity contribution < 1.29 is 12.8 Å². The van der Waals surface area contributed by atoms with Gasteiger partial charge in [0.25, 0.3) is 0 Å². The topological polar surface area (TPSA) is 50.3 Å². The standard InChI is InChI=1S/C15H17FN2O2S/c1-10-7-15(13-8-12(16)3-4-14(13)17-10)18-5-6-21(19,20)11(2)9-18/h3-4,7-8,11H,5-6,9H2,1-2H3/t11-/m0/s1. The van der Waals surface area contributed by atoms with Crippen LogP contribution in [0, 0.1) is 12.7 Å². The second-order valence-electron chi connectivity index (χ2n) is 5.57. The van der Waals surface area contributed by atoms with Crippen molar-refractivity contribution >= 4 is 26.4 Å². The van der Waals surface area contributed by atoms with Crippen LogP contribution in [0.4, 0.5) is 10.1 Å². The number of hydrogen-bond acceptors (Lipinski definition) is 4. The van der Waals surface area contributed by atoms with E-state index in [1.165, 1.54) is 12.1 Å². The Hall–Kier alpha value is -1.69. The molecule has 21 heavy (non-hydrogen) atoms. The second-order valence-corrected chi connectivity index (χ2v) is 8.11. The van der Waals surface area contributed by atoms with Gasteiger partial charge < -0.3 is 4.90 Å². The molecule has 112 valence electrons. The van der Waals surface area contributed by atoms with Gasteiger partial charge >= 0.3 is 0 Å². The smallest absolute Gasteiger partial charge is 0.156 e. The first-order valence-corrected chi connectivity index (χ1v) is 8.62. The minimum absolute atomic E-state index is 0.131. The van der Waals surface area contributed by atoms with E-state index in [4.69, 9.17) is 0 Å². The summed E-state index contributed by atoms with van der Waals surface area (Å²) >= 11 is 0. The molecule has 1 aromatic heterocycles. The fourth-order valence-electron chi connectivity index (χ4n) is 2.74. The van der Waals surface area contributed by atoms with Gasteiger partial charge in [-0.1, -0.05) is 0 Å². The van der Waals surface area contributed by atoms with Crippen LogP contribution in [0.2, 0.25) is 0 Å². The van der Waals surface area contributed by atoms with Gasteiger partial charge in [0.2, 0.25) is 0 Å². The zero-order chi connectivity index (χ0) is 15.2. The van der Waals surface area contributed by atoms with Crippen LogP contribution in [-0.2, 0) is 9.84 Å². The molecular formula is C15H17FN2O2S. The Kier molecular flexibility index (Phi) is 3.36. The Labute approximate surface area is 123 Å². The quantitative estimate of drug-likeness (QED) is 0.811. The molecule has 0 saturated carbocycles. The summed E-state index contributed by atoms with van der Waals surface area (Å²) in [6, 6.07) is 6.41. The van der Waals surface area contributed by atoms with Gasteiger partial charge in [-0.25, -0.2) is 12.8 Å². The number of hydrogen-bond donors (Lipinski definition) is 0. The van der Waals surface area contributed by atoms with Crippen molar-refractivity contribution in [2.75, 3.05) is 23.7 Å². The molecule has 1 saturated heterocycles. The second kappa shape index (κ2) is 4.94. The lowest BCUT2D eigenvalue weighted by Crippen LogP contribution is -2.45. The van der Waals surface area contributed by atoms with Crippen LogP contribution in [0.25, 0.3) is 10.9 Å². The van der Waals surface area contributed by atoms with E-state index >= 15 is 0 Å². The fourth-order valence-corrected chi connectivity index (χ4v) is 4.03. The maximum absolute atomic E-state index is 13.5. The average molecular weight is 308 g/mol. The van der Waals surface area contributed by atoms with E-state index in [9.17, 15) is 12.8 Å². The summed E-state index contributed by atoms with van der Waals surface area (Å²) in [5.74, 6) is -0.182. The number of sulfone groups is 1. The lowest BCUT2D eigenvalue weighted by atomic mass is 10.1. The van der Waals surface area contributed by atoms with Gasteiger partial charge in [0.15, 0.2) is 9.84 Å². The van der Waals surface area contributed by atoms with E-state index in [-0.39, 0.29) is 11.6 Å². The Bertz CT molecular complexity index is 805. The first kappa shape index (κ1) is 14.3. The number of pyridine rings is 1. The Balaban J connectivity index is 2.10. The molecule has 4 nitrogen and oxygen atoms in total. The minimum Gasteiger partial charge on any atom is -0.369 e. The lowest BCUT2D eigenvalue weighted by Gasteiger charge is -2.33. The predicted molar refractivity (Wildman–Crippen MR) is 81.9 cm³/mol. The highest BCUT2D eigenvalue weighted by Crippen LogP contribution is 2.29. The molecule has 2 aromatic rings. The summed E-state index contributed by atoms with van der Waals surface area (Å²) in [5, 5.41) is 0.315. The summed E-state index contributed by atoms with van der Waals surface area (Å²) in [7, 11) is -3.01. The Morgan fingerprint density at radius 1 is 1.33 bits per heavy atom. The largest absolute Gasteiger partial charge is 0.369 e. The molecular weight excluding hydrogens is 291 g/mol. The molecule has 1 atom stereocenters. The van der Waals surface area contributed by atoms with Crippen molar-refractivity contribution in [3.8, 4) is 0 Å². The first-order valence-electron chi connectivity index (χ1n) is 6.90. The van der Waals surface area contributed by atoms with Gasteiger partial charge in [-0.15, -0.1) is 0 Å². The molecule has 0 amide bonds. The minimum atomic E-state index is -3.01. The van der Waals surface area contributed by atoms with E-state index in [1.807, 2.05) is 17.9 Å². The number of benzene rings is 1. The lowest BCUT2D eigenvalue weighted by molar-refractivity contribution is 0.569. The van der Waals surface area contributed by atoms with Crippen molar-refractivity contribution in [3.63, 3.8) is 0 Å². The molecule has 0 unspecified atom stereocenters. The third-order valence-corrected chi connectivity index (χ3v) is 6.08. The SMILES string of the molecule is Cc1cc(N2CCS(=O)(=O)[C@@H](C)C2)c2cc(F)ccc2n1. The van der Waals surface area contributed by atoms with Crippen LogP contribution < -0.4 is 4.90 Å². The molecule has 0 radical (unpaired) electrons. The van der Waals surface area contributed by atoms with Crippen LogP contribution >= 0.6 is 0 Å². The van der Waals surface area contributed by atoms with Crippen LogP contribution in [0.15, 0.2) is 24.3 Å². The number of halogens is 1. The number of anilines is 1. The summed E-state index contributed by atoms with van der Waals surface area (Å²) in [5.41, 5.74) is 2.43. The van der Waals surface area contributed by atoms with E-state index in [1.54, 1.807) is 13.0 Å². The van der Waals surface area contributed by atoms with Crippen molar-refractivity contribution in [1.82, 2.24) is 4.98 Å². The van der Waals surface area contributed by atoms with Crippen molar-refractivity contribution in [3.05, 3.63) is 35.8 Å². The van der Waals surface area contributed by atoms with Gasteiger partial charge in [-0.2, -0.15) is 0 Å². The normalized spacial score (nSPS) is 21.7. The van der Waals surface area contributed by atoms with Gasteiger partial charge in [-0.3, -0.25) is 4.98 Å². The highest BCUT2D eigenvalue weighted by atomic mass is 32.2. The number of rotatable bonds is 1. The summed E-state index contributed by atoms with van der Waals surface area (Å²) < 4.78 is 37.2. The molecule has 3 rings (SSSR count). The monoisotopic (exact) mass is 308 g/mol. The third-order valence-electron chi connectivity index (χ3n) is 3.95. The highest BCUT2D eigenvalue weighted by molar-refractivity contribution is 7.92. The molecule has 1 fully saturated rings. The van der Waals surface area contributed by atoms with E-state index in [2.05, 4.69) is 4.98 Å². The number of aryl methyl sites for hydroxylation is 1. The molecule has 0 spiro atoms. The van der Waals surface area contributed by atoms with Gasteiger partial charge in [0.1, 0.15) is 5.82 Å². The van der Waals surface area contributed by atoms with Crippen LogP contribution in [0.1, 0.15) is 12.6 Å². The maximum Gasteiger partial charge on any atom is 0.156 e. The molecule has 2 heterocycles. The summed E-state index contributed by atoms with van der Waals surface area (Å²) in [6.45, 7) is 4.47. The van der Waals surface area contributed by atoms with Gasteiger partial charge in [-0.05, 0) is 38.1 Å². The molecule has 0 aliphatic carbocycles. The predicted octanol–water partition coefficient (Wildman–Crippen LogP) is 2.31. The zero-order valence-electron chi connectivity index (χ0n) is 12.0. The van der Waals surface area contributed by atoms with Gasteiger partial charge in [0, 0.05) is 29.9 Å². The van der Waals surface area contributed by atoms with Crippen molar-refractivity contribution in [2.24, 2.45) is 0 Å². The van der Waals surface area contributed by atoms with E-state index in [0.717, 1.165) is 22.3 Å². The molecule has 0 N–H and O–H groups in total. The average Bonchev–Trinajstić information content (AvgIpc) is 2.42. The van der Waals surface area contributed by atoms with Gasteiger partial charge in [0.05, 0.1) is 16.5 Å². The number of aromatic nitrogens is 1. The Morgan fingerprint density at radius 3 is 2.81 bits per heavy atom. The van der Waals surface area contributed by atoms with Crippen LogP contribution in [0.5, 0.6) is 0 Å². The third kappa shape index (κ3) is 2.60. The zero-order valence-corrected chi connectivity index (χ0v) is 12.8. The van der Waals surface area contributed by atoms with Crippen LogP contribution in [-0.4, -0.2) is 37.5 Å². The molecule has 1 aromatic carbocycles. The number of nitrogens with zero attached hydrogens (tertiary/aromatic N) is 2. The molecule has 1 aliphatic rings. The maximum atomic E-state index is 13.5. The van der Waals surface area contributed by atoms with Crippen LogP contribution in [0.3, 0.4) is 0 Å².